The molecule has 0 amide bonds. The molecule has 1 aromatic rings. The first-order valence-electron chi connectivity index (χ1n) is 8.64. The molecular weight excluding hydrogens is 290 g/mol. The molecule has 2 N–H and O–H groups in total. The largest absolute Gasteiger partial charge is 0.361 e. The predicted molar refractivity (Wildman–Crippen MR) is 96.1 cm³/mol. The van der Waals surface area contributed by atoms with Crippen molar-refractivity contribution in [3.8, 4) is 0 Å². The molecule has 3 nitrogen and oxygen atoms in total. The second-order valence-electron chi connectivity index (χ2n) is 6.42. The van der Waals surface area contributed by atoms with Crippen molar-refractivity contribution in [3.05, 3.63) is 35.4 Å². The Balaban J connectivity index is 1.52. The minimum Gasteiger partial charge on any atom is -0.361 e. The van der Waals surface area contributed by atoms with Crippen molar-refractivity contribution in [1.29, 1.82) is 0 Å². The number of rotatable bonds is 4. The van der Waals surface area contributed by atoms with E-state index in [-0.39, 0.29) is 0 Å². The summed E-state index contributed by atoms with van der Waals surface area (Å²) in [4.78, 5) is 2.55. The average Bonchev–Trinajstić information content (AvgIpc) is 3.01. The minimum absolute atomic E-state index is 0.371. The summed E-state index contributed by atoms with van der Waals surface area (Å²) in [6, 6.07) is 9.77. The highest BCUT2D eigenvalue weighted by atomic mass is 32.1. The van der Waals surface area contributed by atoms with Gasteiger partial charge in [0.1, 0.15) is 0 Å². The first kappa shape index (κ1) is 15.8. The van der Waals surface area contributed by atoms with E-state index in [1.54, 1.807) is 0 Å². The van der Waals surface area contributed by atoms with Gasteiger partial charge >= 0.3 is 0 Å². The molecule has 0 radical (unpaired) electrons. The molecule has 0 aromatic heterocycles. The van der Waals surface area contributed by atoms with E-state index >= 15 is 0 Å². The molecule has 2 aliphatic rings. The van der Waals surface area contributed by atoms with E-state index in [1.807, 2.05) is 0 Å². The lowest BCUT2D eigenvalue weighted by Gasteiger charge is -2.29. The number of likely N-dealkylation sites (N-methyl/N-ethyl adjacent to an activating group) is 1. The van der Waals surface area contributed by atoms with Gasteiger partial charge in [-0.05, 0) is 68.5 Å². The molecule has 1 heterocycles. The molecule has 1 saturated heterocycles. The summed E-state index contributed by atoms with van der Waals surface area (Å²) in [5.41, 5.74) is 2.90. The highest BCUT2D eigenvalue weighted by Gasteiger charge is 2.24. The minimum atomic E-state index is 0.371. The maximum atomic E-state index is 5.53. The van der Waals surface area contributed by atoms with E-state index in [0.29, 0.717) is 12.1 Å². The number of nitrogens with one attached hydrogen (secondary N) is 2. The van der Waals surface area contributed by atoms with Crippen molar-refractivity contribution in [1.82, 2.24) is 15.5 Å². The van der Waals surface area contributed by atoms with Crippen molar-refractivity contribution < 1.29 is 0 Å². The fraction of sp³-hybridized carbons (Fsp3) is 0.611. The van der Waals surface area contributed by atoms with Crippen LogP contribution in [0.5, 0.6) is 0 Å². The molecule has 22 heavy (non-hydrogen) atoms. The Kier molecular flexibility index (Phi) is 5.32. The number of hydrogen-bond donors (Lipinski definition) is 2. The van der Waals surface area contributed by atoms with Crippen LogP contribution in [-0.2, 0) is 6.42 Å². The fourth-order valence-electron chi connectivity index (χ4n) is 3.87. The van der Waals surface area contributed by atoms with Gasteiger partial charge < -0.3 is 10.6 Å². The van der Waals surface area contributed by atoms with Gasteiger partial charge in [-0.2, -0.15) is 0 Å². The van der Waals surface area contributed by atoms with Crippen LogP contribution in [0.2, 0.25) is 0 Å². The molecule has 3 rings (SSSR count). The van der Waals surface area contributed by atoms with Gasteiger partial charge in [-0.1, -0.05) is 31.2 Å². The van der Waals surface area contributed by atoms with Gasteiger partial charge in [0.25, 0.3) is 0 Å². The molecule has 0 spiro atoms. The van der Waals surface area contributed by atoms with Crippen molar-refractivity contribution in [3.63, 3.8) is 0 Å². The van der Waals surface area contributed by atoms with Crippen LogP contribution < -0.4 is 10.6 Å². The van der Waals surface area contributed by atoms with Crippen LogP contribution in [0.3, 0.4) is 0 Å². The molecule has 0 bridgehead atoms. The summed E-state index contributed by atoms with van der Waals surface area (Å²) in [5, 5.41) is 7.79. The number of likely N-dealkylation sites (tertiary alicyclic amines) is 1. The van der Waals surface area contributed by atoms with Crippen molar-refractivity contribution >= 4 is 17.3 Å². The van der Waals surface area contributed by atoms with Crippen LogP contribution in [0.1, 0.15) is 49.8 Å². The summed E-state index contributed by atoms with van der Waals surface area (Å²) in [6.45, 7) is 5.59. The normalized spacial score (nSPS) is 24.8. The van der Waals surface area contributed by atoms with Crippen molar-refractivity contribution in [2.24, 2.45) is 0 Å². The summed E-state index contributed by atoms with van der Waals surface area (Å²) < 4.78 is 0. The van der Waals surface area contributed by atoms with E-state index < -0.39 is 0 Å². The van der Waals surface area contributed by atoms with Gasteiger partial charge in [0.15, 0.2) is 5.11 Å². The van der Waals surface area contributed by atoms with Gasteiger partial charge in [0.2, 0.25) is 0 Å². The monoisotopic (exact) mass is 317 g/mol. The number of nitrogens with zero attached hydrogens (tertiary/aromatic N) is 1. The van der Waals surface area contributed by atoms with Crippen LogP contribution in [0.15, 0.2) is 24.3 Å². The standard InChI is InChI=1S/C18H27N3S/c1-2-21-12-6-9-15(21)13-19-18(22)20-17-11-5-8-14-7-3-4-10-16(14)17/h3-4,7,10,15,17H,2,5-6,8-9,11-13H2,1H3,(H2,19,20,22)/t15-,17+/m1/s1. The maximum absolute atomic E-state index is 5.53. The van der Waals surface area contributed by atoms with Crippen LogP contribution in [0.25, 0.3) is 0 Å². The molecule has 1 aliphatic heterocycles. The highest BCUT2D eigenvalue weighted by Crippen LogP contribution is 2.29. The van der Waals surface area contributed by atoms with Crippen molar-refractivity contribution in [2.75, 3.05) is 19.6 Å². The first-order valence-corrected chi connectivity index (χ1v) is 9.05. The topological polar surface area (TPSA) is 27.3 Å². The third-order valence-electron chi connectivity index (χ3n) is 5.08. The Morgan fingerprint density at radius 2 is 2.14 bits per heavy atom. The van der Waals surface area contributed by atoms with Gasteiger partial charge in [0, 0.05) is 12.6 Å². The fourth-order valence-corrected chi connectivity index (χ4v) is 4.09. The summed E-state index contributed by atoms with van der Waals surface area (Å²) >= 11 is 5.53. The molecular formula is C18H27N3S. The van der Waals surface area contributed by atoms with Gasteiger partial charge in [0.05, 0.1) is 6.04 Å². The Bertz CT molecular complexity index is 517. The van der Waals surface area contributed by atoms with Crippen LogP contribution >= 0.6 is 12.2 Å². The van der Waals surface area contributed by atoms with Gasteiger partial charge in [-0.3, -0.25) is 4.90 Å². The maximum Gasteiger partial charge on any atom is 0.166 e. The molecule has 1 fully saturated rings. The quantitative estimate of drug-likeness (QED) is 0.835. The first-order chi connectivity index (χ1) is 10.8. The third-order valence-corrected chi connectivity index (χ3v) is 5.34. The number of hydrogen-bond acceptors (Lipinski definition) is 2. The molecule has 0 saturated carbocycles. The molecule has 2 atom stereocenters. The predicted octanol–water partition coefficient (Wildman–Crippen LogP) is 3.01. The lowest BCUT2D eigenvalue weighted by Crippen LogP contribution is -2.45. The van der Waals surface area contributed by atoms with Crippen LogP contribution in [0, 0.1) is 0 Å². The van der Waals surface area contributed by atoms with Gasteiger partial charge in [-0.25, -0.2) is 0 Å². The number of aryl methyl sites for hydroxylation is 1. The van der Waals surface area contributed by atoms with E-state index in [2.05, 4.69) is 46.7 Å². The Labute approximate surface area is 139 Å². The molecule has 4 heteroatoms. The van der Waals surface area contributed by atoms with E-state index in [4.69, 9.17) is 12.2 Å². The zero-order valence-corrected chi connectivity index (χ0v) is 14.3. The summed E-state index contributed by atoms with van der Waals surface area (Å²) in [7, 11) is 0. The molecule has 1 aromatic carbocycles. The molecule has 0 unspecified atom stereocenters. The van der Waals surface area contributed by atoms with Crippen LogP contribution in [-0.4, -0.2) is 35.7 Å². The summed E-state index contributed by atoms with van der Waals surface area (Å²) in [5.74, 6) is 0. The average molecular weight is 318 g/mol. The van der Waals surface area contributed by atoms with E-state index in [0.717, 1.165) is 18.2 Å². The number of fused-ring (bicyclic) bond motifs is 1. The second-order valence-corrected chi connectivity index (χ2v) is 6.83. The van der Waals surface area contributed by atoms with Gasteiger partial charge in [-0.15, -0.1) is 0 Å². The van der Waals surface area contributed by atoms with Crippen LogP contribution in [0.4, 0.5) is 0 Å². The number of benzene rings is 1. The van der Waals surface area contributed by atoms with E-state index in [9.17, 15) is 0 Å². The smallest absolute Gasteiger partial charge is 0.166 e. The Hall–Kier alpha value is -1.13. The zero-order chi connectivity index (χ0) is 15.4. The van der Waals surface area contributed by atoms with E-state index in [1.165, 1.54) is 49.8 Å². The molecule has 1 aliphatic carbocycles. The zero-order valence-electron chi connectivity index (χ0n) is 13.5. The second kappa shape index (κ2) is 7.42. The lowest BCUT2D eigenvalue weighted by atomic mass is 9.88. The molecule has 120 valence electrons. The highest BCUT2D eigenvalue weighted by molar-refractivity contribution is 7.80. The Morgan fingerprint density at radius 1 is 1.27 bits per heavy atom. The number of thiocarbonyl (C=S) groups is 1. The lowest BCUT2D eigenvalue weighted by molar-refractivity contribution is 0.267. The summed E-state index contributed by atoms with van der Waals surface area (Å²) in [6.07, 6.45) is 6.21. The third kappa shape index (κ3) is 3.61. The van der Waals surface area contributed by atoms with Crippen molar-refractivity contribution in [2.45, 2.75) is 51.1 Å². The SMILES string of the molecule is CCN1CCC[C@@H]1CNC(=S)N[C@H]1CCCc2ccccc21. The Morgan fingerprint density at radius 3 is 3.00 bits per heavy atom.